The van der Waals surface area contributed by atoms with Crippen molar-refractivity contribution < 1.29 is 4.39 Å². The van der Waals surface area contributed by atoms with E-state index in [2.05, 4.69) is 21.4 Å². The summed E-state index contributed by atoms with van der Waals surface area (Å²) in [7, 11) is 0. The summed E-state index contributed by atoms with van der Waals surface area (Å²) in [5.41, 5.74) is 5.42. The highest BCUT2D eigenvalue weighted by Gasteiger charge is 2.16. The largest absolute Gasteiger partial charge is 0.271 e. The molecule has 0 aromatic heterocycles. The molecule has 0 fully saturated rings. The molecule has 106 valence electrons. The first kappa shape index (κ1) is 15.4. The average molecular weight is 358 g/mol. The molecule has 3 N–H and O–H groups in total. The molecule has 2 aromatic rings. The third-order valence-corrected chi connectivity index (χ3v) is 3.98. The minimum atomic E-state index is -0.276. The van der Waals surface area contributed by atoms with E-state index in [1.54, 1.807) is 6.07 Å². The van der Waals surface area contributed by atoms with Gasteiger partial charge < -0.3 is 0 Å². The Labute approximate surface area is 131 Å². The van der Waals surface area contributed by atoms with Crippen LogP contribution in [-0.2, 0) is 6.42 Å². The summed E-state index contributed by atoms with van der Waals surface area (Å²) in [6, 6.07) is 10.3. The highest BCUT2D eigenvalue weighted by Crippen LogP contribution is 2.26. The molecule has 0 aliphatic rings. The summed E-state index contributed by atoms with van der Waals surface area (Å²) in [6.07, 6.45) is 0.431. The molecule has 2 aromatic carbocycles. The van der Waals surface area contributed by atoms with Gasteiger partial charge >= 0.3 is 0 Å². The van der Waals surface area contributed by atoms with E-state index in [0.29, 0.717) is 17.0 Å². The summed E-state index contributed by atoms with van der Waals surface area (Å²) in [6.45, 7) is 2.00. The molecule has 0 saturated heterocycles. The zero-order valence-corrected chi connectivity index (χ0v) is 13.3. The smallest absolute Gasteiger partial charge is 0.126 e. The molecular formula is C15H15BrClFN2. The maximum atomic E-state index is 13.8. The fraction of sp³-hybridized carbons (Fsp3) is 0.200. The lowest BCUT2D eigenvalue weighted by molar-refractivity contribution is 0.527. The van der Waals surface area contributed by atoms with Crippen LogP contribution in [0.3, 0.4) is 0 Å². The minimum Gasteiger partial charge on any atom is -0.271 e. The predicted octanol–water partition coefficient (Wildman–Crippen LogP) is 4.30. The predicted molar refractivity (Wildman–Crippen MR) is 84.1 cm³/mol. The van der Waals surface area contributed by atoms with Crippen molar-refractivity contribution in [2.24, 2.45) is 5.84 Å². The third kappa shape index (κ3) is 3.58. The van der Waals surface area contributed by atoms with E-state index in [9.17, 15) is 4.39 Å². The lowest BCUT2D eigenvalue weighted by Gasteiger charge is -2.19. The average Bonchev–Trinajstić information content (AvgIpc) is 2.42. The number of hydrazine groups is 1. The first-order chi connectivity index (χ1) is 9.51. The third-order valence-electron chi connectivity index (χ3n) is 3.25. The molecule has 5 heteroatoms. The lowest BCUT2D eigenvalue weighted by atomic mass is 9.95. The van der Waals surface area contributed by atoms with Crippen molar-refractivity contribution in [3.8, 4) is 0 Å². The van der Waals surface area contributed by atoms with Gasteiger partial charge in [-0.15, -0.1) is 0 Å². The van der Waals surface area contributed by atoms with Crippen LogP contribution in [0.25, 0.3) is 0 Å². The fourth-order valence-electron chi connectivity index (χ4n) is 2.17. The van der Waals surface area contributed by atoms with E-state index in [1.165, 1.54) is 12.1 Å². The second kappa shape index (κ2) is 6.68. The zero-order valence-electron chi connectivity index (χ0n) is 11.0. The molecule has 0 saturated carbocycles. The van der Waals surface area contributed by atoms with Gasteiger partial charge in [0.15, 0.2) is 0 Å². The second-order valence-electron chi connectivity index (χ2n) is 4.66. The number of nitrogens with one attached hydrogen (secondary N) is 1. The van der Waals surface area contributed by atoms with Crippen LogP contribution >= 0.6 is 27.5 Å². The monoisotopic (exact) mass is 356 g/mol. The first-order valence-electron chi connectivity index (χ1n) is 6.17. The molecular weight excluding hydrogens is 343 g/mol. The van der Waals surface area contributed by atoms with Gasteiger partial charge in [0.05, 0.1) is 6.04 Å². The number of hydrogen-bond acceptors (Lipinski definition) is 2. The quantitative estimate of drug-likeness (QED) is 0.632. The van der Waals surface area contributed by atoms with Crippen molar-refractivity contribution >= 4 is 27.5 Å². The summed E-state index contributed by atoms with van der Waals surface area (Å²) in [5.74, 6) is 5.36. The highest BCUT2D eigenvalue weighted by atomic mass is 79.9. The number of rotatable bonds is 4. The molecule has 0 amide bonds. The van der Waals surface area contributed by atoms with Gasteiger partial charge in [-0.1, -0.05) is 33.6 Å². The fourth-order valence-corrected chi connectivity index (χ4v) is 2.74. The Bertz CT molecular complexity index is 619. The van der Waals surface area contributed by atoms with Crippen LogP contribution in [0.2, 0.25) is 5.02 Å². The Kier molecular flexibility index (Phi) is 5.16. The van der Waals surface area contributed by atoms with Crippen molar-refractivity contribution in [2.75, 3.05) is 0 Å². The molecule has 0 aliphatic heterocycles. The van der Waals surface area contributed by atoms with E-state index in [0.717, 1.165) is 15.6 Å². The topological polar surface area (TPSA) is 38.0 Å². The Balaban J connectivity index is 2.33. The maximum Gasteiger partial charge on any atom is 0.126 e. The van der Waals surface area contributed by atoms with E-state index in [1.807, 2.05) is 25.1 Å². The van der Waals surface area contributed by atoms with Crippen molar-refractivity contribution in [1.29, 1.82) is 0 Å². The van der Waals surface area contributed by atoms with Gasteiger partial charge in [-0.05, 0) is 60.4 Å². The van der Waals surface area contributed by atoms with Gasteiger partial charge in [-0.25, -0.2) is 4.39 Å². The van der Waals surface area contributed by atoms with Gasteiger partial charge in [-0.3, -0.25) is 11.3 Å². The first-order valence-corrected chi connectivity index (χ1v) is 7.34. The molecule has 0 bridgehead atoms. The Morgan fingerprint density at radius 2 is 2.05 bits per heavy atom. The van der Waals surface area contributed by atoms with Crippen LogP contribution < -0.4 is 11.3 Å². The van der Waals surface area contributed by atoms with Crippen molar-refractivity contribution in [3.63, 3.8) is 0 Å². The van der Waals surface area contributed by atoms with E-state index in [4.69, 9.17) is 17.4 Å². The van der Waals surface area contributed by atoms with E-state index < -0.39 is 0 Å². The molecule has 1 atom stereocenters. The van der Waals surface area contributed by atoms with Crippen LogP contribution in [0.1, 0.15) is 22.7 Å². The Morgan fingerprint density at radius 3 is 2.75 bits per heavy atom. The minimum absolute atomic E-state index is 0.180. The summed E-state index contributed by atoms with van der Waals surface area (Å²) >= 11 is 9.36. The van der Waals surface area contributed by atoms with Crippen molar-refractivity contribution in [1.82, 2.24) is 5.43 Å². The van der Waals surface area contributed by atoms with Crippen LogP contribution in [0.4, 0.5) is 4.39 Å². The van der Waals surface area contributed by atoms with Gasteiger partial charge in [-0.2, -0.15) is 0 Å². The number of halogens is 3. The molecule has 1 unspecified atom stereocenters. The second-order valence-corrected chi connectivity index (χ2v) is 6.01. The van der Waals surface area contributed by atoms with Crippen molar-refractivity contribution in [3.05, 3.63) is 68.4 Å². The van der Waals surface area contributed by atoms with Crippen LogP contribution in [0, 0.1) is 12.7 Å². The standard InChI is InChI=1S/C15H15BrClFN2/c1-9-2-3-11(16)8-13(9)15(20-19)7-10-6-12(17)4-5-14(10)18/h2-6,8,15,20H,7,19H2,1H3. The molecule has 20 heavy (non-hydrogen) atoms. The summed E-state index contributed by atoms with van der Waals surface area (Å²) in [5, 5.41) is 0.517. The summed E-state index contributed by atoms with van der Waals surface area (Å²) in [4.78, 5) is 0. The Morgan fingerprint density at radius 1 is 1.30 bits per heavy atom. The van der Waals surface area contributed by atoms with Crippen LogP contribution in [-0.4, -0.2) is 0 Å². The van der Waals surface area contributed by atoms with Gasteiger partial charge in [0, 0.05) is 9.50 Å². The Hall–Kier alpha value is -0.940. The molecule has 0 heterocycles. The van der Waals surface area contributed by atoms with Crippen LogP contribution in [0.15, 0.2) is 40.9 Å². The number of hydrogen-bond donors (Lipinski definition) is 2. The molecule has 0 spiro atoms. The van der Waals surface area contributed by atoms with E-state index in [-0.39, 0.29) is 11.9 Å². The van der Waals surface area contributed by atoms with Crippen LogP contribution in [0.5, 0.6) is 0 Å². The molecule has 2 rings (SSSR count). The van der Waals surface area contributed by atoms with E-state index >= 15 is 0 Å². The van der Waals surface area contributed by atoms with Gasteiger partial charge in [0.1, 0.15) is 5.82 Å². The number of aryl methyl sites for hydroxylation is 1. The SMILES string of the molecule is Cc1ccc(Br)cc1C(Cc1cc(Cl)ccc1F)NN. The highest BCUT2D eigenvalue weighted by molar-refractivity contribution is 9.10. The normalized spacial score (nSPS) is 12.4. The zero-order chi connectivity index (χ0) is 14.7. The molecule has 0 aliphatic carbocycles. The molecule has 2 nitrogen and oxygen atoms in total. The number of nitrogens with two attached hydrogens (primary N) is 1. The lowest BCUT2D eigenvalue weighted by Crippen LogP contribution is -2.30. The van der Waals surface area contributed by atoms with Gasteiger partial charge in [0.2, 0.25) is 0 Å². The summed E-state index contributed by atoms with van der Waals surface area (Å²) < 4.78 is 14.8. The maximum absolute atomic E-state index is 13.8. The number of benzene rings is 2. The molecule has 0 radical (unpaired) electrons. The van der Waals surface area contributed by atoms with Crippen molar-refractivity contribution in [2.45, 2.75) is 19.4 Å². The van der Waals surface area contributed by atoms with Gasteiger partial charge in [0.25, 0.3) is 0 Å².